The highest BCUT2D eigenvalue weighted by atomic mass is 16.7. The van der Waals surface area contributed by atoms with E-state index in [0.29, 0.717) is 12.8 Å². The Balaban J connectivity index is 1.39. The number of carbonyl (C=O) groups excluding carboxylic acids is 4. The number of hydrogen-bond acceptors (Lipinski definition) is 10. The maximum absolute atomic E-state index is 12.0. The fraction of sp³-hybridized carbons (Fsp3) is 0.500. The molecule has 10 heteroatoms. The summed E-state index contributed by atoms with van der Waals surface area (Å²) in [4.78, 5) is 48.0. The molecule has 0 spiro atoms. The molecule has 0 saturated carbocycles. The fourth-order valence-corrected chi connectivity index (χ4v) is 4.14. The molecule has 2 fully saturated rings. The minimum absolute atomic E-state index is 0.161. The Morgan fingerprint density at radius 3 is 1.16 bits per heavy atom. The molecule has 0 aromatic heterocycles. The molecule has 3 rings (SSSR count). The van der Waals surface area contributed by atoms with E-state index in [1.54, 1.807) is 0 Å². The van der Waals surface area contributed by atoms with E-state index in [4.69, 9.17) is 18.9 Å². The van der Waals surface area contributed by atoms with Crippen LogP contribution >= 0.6 is 0 Å². The average molecular weight is 531 g/mol. The number of carbonyl (C=O) groups is 4. The van der Waals surface area contributed by atoms with Crippen molar-refractivity contribution in [1.29, 1.82) is 0 Å². The first-order valence-corrected chi connectivity index (χ1v) is 12.6. The van der Waals surface area contributed by atoms with E-state index in [-0.39, 0.29) is 24.4 Å². The molecule has 2 saturated heterocycles. The van der Waals surface area contributed by atoms with Crippen molar-refractivity contribution in [3.05, 3.63) is 58.1 Å². The van der Waals surface area contributed by atoms with Gasteiger partial charge in [0.15, 0.2) is 11.1 Å². The van der Waals surface area contributed by atoms with Gasteiger partial charge in [-0.3, -0.25) is 0 Å². The minimum Gasteiger partial charge on any atom is -0.511 e. The van der Waals surface area contributed by atoms with Crippen molar-refractivity contribution in [1.82, 2.24) is 0 Å². The van der Waals surface area contributed by atoms with Gasteiger partial charge in [0.25, 0.3) is 11.6 Å². The van der Waals surface area contributed by atoms with Gasteiger partial charge in [-0.2, -0.15) is 0 Å². The van der Waals surface area contributed by atoms with Gasteiger partial charge < -0.3 is 29.2 Å². The van der Waals surface area contributed by atoms with Crippen molar-refractivity contribution >= 4 is 23.9 Å². The SMILES string of the molecule is CC1(C)OC(=O)C(=C(O)CCCCc2ccc(CCCCC(O)=C3C(=O)OC(C)(C)OC3=O)cc2)C(=O)O1. The van der Waals surface area contributed by atoms with Crippen LogP contribution in [0.1, 0.15) is 77.3 Å². The lowest BCUT2D eigenvalue weighted by Crippen LogP contribution is -2.42. The number of hydrogen-bond donors (Lipinski definition) is 2. The molecule has 1 aromatic carbocycles. The van der Waals surface area contributed by atoms with Crippen molar-refractivity contribution in [3.63, 3.8) is 0 Å². The molecule has 0 radical (unpaired) electrons. The van der Waals surface area contributed by atoms with E-state index in [0.717, 1.165) is 36.8 Å². The number of aliphatic hydroxyl groups is 2. The fourth-order valence-electron chi connectivity index (χ4n) is 4.14. The van der Waals surface area contributed by atoms with Crippen LogP contribution in [0.15, 0.2) is 46.9 Å². The molecule has 10 nitrogen and oxygen atoms in total. The van der Waals surface area contributed by atoms with Gasteiger partial charge in [0.05, 0.1) is 0 Å². The monoisotopic (exact) mass is 530 g/mol. The van der Waals surface area contributed by atoms with Gasteiger partial charge in [0.1, 0.15) is 11.5 Å². The molecule has 0 amide bonds. The quantitative estimate of drug-likeness (QED) is 0.147. The van der Waals surface area contributed by atoms with E-state index < -0.39 is 46.6 Å². The Labute approximate surface area is 221 Å². The topological polar surface area (TPSA) is 146 Å². The van der Waals surface area contributed by atoms with Crippen molar-refractivity contribution < 1.29 is 48.3 Å². The first-order valence-electron chi connectivity index (χ1n) is 12.6. The van der Waals surface area contributed by atoms with Crippen LogP contribution in [-0.4, -0.2) is 45.7 Å². The Bertz CT molecular complexity index is 1020. The second-order valence-electron chi connectivity index (χ2n) is 10.2. The summed E-state index contributed by atoms with van der Waals surface area (Å²) in [7, 11) is 0. The molecule has 0 bridgehead atoms. The summed E-state index contributed by atoms with van der Waals surface area (Å²) < 4.78 is 20.0. The van der Waals surface area contributed by atoms with Gasteiger partial charge in [0, 0.05) is 40.5 Å². The lowest BCUT2D eigenvalue weighted by Gasteiger charge is -2.30. The molecule has 206 valence electrons. The molecule has 0 unspecified atom stereocenters. The lowest BCUT2D eigenvalue weighted by atomic mass is 10.0. The third-order valence-electron chi connectivity index (χ3n) is 6.03. The number of cyclic esters (lactones) is 4. The molecule has 0 atom stereocenters. The number of ether oxygens (including phenoxy) is 4. The summed E-state index contributed by atoms with van der Waals surface area (Å²) in [6.45, 7) is 5.78. The highest BCUT2D eigenvalue weighted by Gasteiger charge is 2.42. The highest BCUT2D eigenvalue weighted by Crippen LogP contribution is 2.27. The summed E-state index contributed by atoms with van der Waals surface area (Å²) in [5.41, 5.74) is 1.33. The summed E-state index contributed by atoms with van der Waals surface area (Å²) >= 11 is 0. The van der Waals surface area contributed by atoms with E-state index >= 15 is 0 Å². The van der Waals surface area contributed by atoms with Gasteiger partial charge in [-0.1, -0.05) is 24.3 Å². The Morgan fingerprint density at radius 1 is 0.579 bits per heavy atom. The van der Waals surface area contributed by atoms with Crippen LogP contribution in [0.2, 0.25) is 0 Å². The van der Waals surface area contributed by atoms with Gasteiger partial charge in [-0.05, 0) is 49.7 Å². The average Bonchev–Trinajstić information content (AvgIpc) is 2.77. The van der Waals surface area contributed by atoms with Gasteiger partial charge >= 0.3 is 23.9 Å². The highest BCUT2D eigenvalue weighted by molar-refractivity contribution is 6.16. The van der Waals surface area contributed by atoms with E-state index in [1.807, 2.05) is 24.3 Å². The second-order valence-corrected chi connectivity index (χ2v) is 10.2. The molecular weight excluding hydrogens is 496 g/mol. The van der Waals surface area contributed by atoms with Crippen LogP contribution < -0.4 is 0 Å². The zero-order valence-electron chi connectivity index (χ0n) is 22.1. The molecule has 1 aromatic rings. The maximum atomic E-state index is 12.0. The number of rotatable bonds is 10. The zero-order valence-corrected chi connectivity index (χ0v) is 22.1. The van der Waals surface area contributed by atoms with Crippen molar-refractivity contribution in [2.45, 2.75) is 90.6 Å². The van der Waals surface area contributed by atoms with Crippen LogP contribution in [0.4, 0.5) is 0 Å². The lowest BCUT2D eigenvalue weighted by molar-refractivity contribution is -0.224. The summed E-state index contributed by atoms with van der Waals surface area (Å²) in [6.07, 6.45) is 4.45. The summed E-state index contributed by atoms with van der Waals surface area (Å²) in [5.74, 6) is -6.86. The predicted octanol–water partition coefficient (Wildman–Crippen LogP) is 4.41. The number of unbranched alkanes of at least 4 members (excludes halogenated alkanes) is 2. The molecule has 0 aliphatic carbocycles. The Morgan fingerprint density at radius 2 is 0.868 bits per heavy atom. The van der Waals surface area contributed by atoms with Gasteiger partial charge in [-0.25, -0.2) is 19.2 Å². The smallest absolute Gasteiger partial charge is 0.352 e. The zero-order chi connectivity index (χ0) is 28.1. The summed E-state index contributed by atoms with van der Waals surface area (Å²) in [5, 5.41) is 20.4. The van der Waals surface area contributed by atoms with Gasteiger partial charge in [-0.15, -0.1) is 0 Å². The molecule has 2 heterocycles. The predicted molar refractivity (Wildman–Crippen MR) is 133 cm³/mol. The van der Waals surface area contributed by atoms with Crippen LogP contribution in [0.5, 0.6) is 0 Å². The maximum Gasteiger partial charge on any atom is 0.352 e. The number of esters is 4. The van der Waals surface area contributed by atoms with E-state index in [9.17, 15) is 29.4 Å². The van der Waals surface area contributed by atoms with Crippen molar-refractivity contribution in [3.8, 4) is 0 Å². The number of allylic oxidation sites excluding steroid dienone is 2. The second kappa shape index (κ2) is 11.7. The van der Waals surface area contributed by atoms with Crippen LogP contribution in [0.25, 0.3) is 0 Å². The Hall–Kier alpha value is -3.82. The molecule has 2 aliphatic heterocycles. The molecular formula is C28H34O10. The third kappa shape index (κ3) is 7.60. The van der Waals surface area contributed by atoms with E-state index in [1.165, 1.54) is 27.7 Å². The van der Waals surface area contributed by atoms with Crippen molar-refractivity contribution in [2.75, 3.05) is 0 Å². The normalized spacial score (nSPS) is 18.3. The molecule has 2 N–H and O–H groups in total. The minimum atomic E-state index is -1.35. The molecule has 38 heavy (non-hydrogen) atoms. The summed E-state index contributed by atoms with van der Waals surface area (Å²) in [6, 6.07) is 8.06. The van der Waals surface area contributed by atoms with Gasteiger partial charge in [0.2, 0.25) is 0 Å². The van der Waals surface area contributed by atoms with E-state index in [2.05, 4.69) is 0 Å². The Kier molecular flexibility index (Phi) is 8.85. The number of aryl methyl sites for hydroxylation is 2. The molecule has 2 aliphatic rings. The standard InChI is InChI=1S/C28H34O10/c1-27(2)35-23(31)21(24(32)36-27)19(29)11-7-5-9-17-13-15-18(16-14-17)10-6-8-12-20(30)22-25(33)37-28(3,4)38-26(22)34/h13-16,29-30H,5-12H2,1-4H3. The largest absolute Gasteiger partial charge is 0.511 e. The number of benzene rings is 1. The first kappa shape index (κ1) is 28.7. The number of aliphatic hydroxyl groups excluding tert-OH is 2. The third-order valence-corrected chi connectivity index (χ3v) is 6.03. The van der Waals surface area contributed by atoms with Crippen LogP contribution in [-0.2, 0) is 51.0 Å². The first-order chi connectivity index (χ1) is 17.8. The van der Waals surface area contributed by atoms with Crippen molar-refractivity contribution in [2.24, 2.45) is 0 Å². The van der Waals surface area contributed by atoms with Crippen LogP contribution in [0, 0.1) is 0 Å². The van der Waals surface area contributed by atoms with Crippen LogP contribution in [0.3, 0.4) is 0 Å².